The lowest BCUT2D eigenvalue weighted by Crippen LogP contribution is -2.40. The third-order valence-corrected chi connectivity index (χ3v) is 9.18. The van der Waals surface area contributed by atoms with E-state index in [2.05, 4.69) is 64.3 Å². The largest absolute Gasteiger partial charge is 0.480 e. The molecule has 0 radical (unpaired) electrons. The van der Waals surface area contributed by atoms with Gasteiger partial charge in [-0.05, 0) is 99.3 Å². The number of carbonyl (C=O) groups is 1. The highest BCUT2D eigenvalue weighted by Crippen LogP contribution is 2.41. The zero-order valence-corrected chi connectivity index (χ0v) is 26.5. The van der Waals surface area contributed by atoms with E-state index < -0.39 is 12.0 Å². The van der Waals surface area contributed by atoms with Crippen LogP contribution in [-0.4, -0.2) is 58.0 Å². The fraction of sp³-hybridized carbons (Fsp3) is 0.556. The number of likely N-dealkylation sites (tertiary alicyclic amines) is 1. The molecule has 3 aromatic rings. The van der Waals surface area contributed by atoms with E-state index in [1.807, 2.05) is 26.8 Å². The summed E-state index contributed by atoms with van der Waals surface area (Å²) in [5, 5.41) is 16.4. The van der Waals surface area contributed by atoms with Gasteiger partial charge in [-0.3, -0.25) is 9.48 Å². The van der Waals surface area contributed by atoms with Gasteiger partial charge in [-0.2, -0.15) is 5.10 Å². The first kappa shape index (κ1) is 32.9. The molecule has 1 saturated carbocycles. The zero-order chi connectivity index (χ0) is 30.8. The molecule has 6 nitrogen and oxygen atoms in total. The molecule has 43 heavy (non-hydrogen) atoms. The smallest absolute Gasteiger partial charge is 0.320 e. The summed E-state index contributed by atoms with van der Waals surface area (Å²) in [4.78, 5) is 13.1. The predicted molar refractivity (Wildman–Crippen MR) is 172 cm³/mol. The van der Waals surface area contributed by atoms with Gasteiger partial charge in [-0.15, -0.1) is 0 Å². The second-order valence-electron chi connectivity index (χ2n) is 12.6. The maximum Gasteiger partial charge on any atom is 0.320 e. The van der Waals surface area contributed by atoms with Crippen molar-refractivity contribution >= 4 is 5.97 Å². The number of piperidine rings is 1. The van der Waals surface area contributed by atoms with E-state index in [1.54, 1.807) is 12.1 Å². The van der Waals surface area contributed by atoms with Crippen LogP contribution in [-0.2, 0) is 17.8 Å². The molecule has 2 aromatic carbocycles. The Labute approximate surface area is 257 Å². The number of hydrogen-bond acceptors (Lipinski definition) is 4. The minimum absolute atomic E-state index is 0.0990. The van der Waals surface area contributed by atoms with Gasteiger partial charge in [-0.1, -0.05) is 69.7 Å². The molecule has 1 aromatic heterocycles. The molecule has 1 aliphatic carbocycles. The van der Waals surface area contributed by atoms with E-state index in [1.165, 1.54) is 54.6 Å². The number of carboxylic acids is 1. The molecule has 0 bridgehead atoms. The normalized spacial score (nSPS) is 20.1. The van der Waals surface area contributed by atoms with Gasteiger partial charge in [0.05, 0.1) is 5.69 Å². The van der Waals surface area contributed by atoms with Crippen LogP contribution < -0.4 is 5.32 Å². The van der Waals surface area contributed by atoms with E-state index in [-0.39, 0.29) is 11.7 Å². The van der Waals surface area contributed by atoms with Crippen LogP contribution in [0.1, 0.15) is 94.1 Å². The van der Waals surface area contributed by atoms with Crippen molar-refractivity contribution in [2.24, 2.45) is 11.8 Å². The number of carboxylic acid groups (broad SMARTS) is 1. The Kier molecular flexibility index (Phi) is 12.4. The summed E-state index contributed by atoms with van der Waals surface area (Å²) in [6.07, 6.45) is 7.05. The summed E-state index contributed by atoms with van der Waals surface area (Å²) in [6, 6.07) is 19.9. The number of aryl methyl sites for hydroxylation is 1. The third-order valence-electron chi connectivity index (χ3n) is 9.18. The summed E-state index contributed by atoms with van der Waals surface area (Å²) in [6.45, 7) is 13.0. The van der Waals surface area contributed by atoms with E-state index in [4.69, 9.17) is 10.2 Å². The number of hydrogen-bond donors (Lipinski definition) is 2. The van der Waals surface area contributed by atoms with Gasteiger partial charge in [0.2, 0.25) is 0 Å². The number of aliphatic carboxylic acids is 1. The zero-order valence-electron chi connectivity index (χ0n) is 26.5. The Morgan fingerprint density at radius 2 is 1.77 bits per heavy atom. The fourth-order valence-corrected chi connectivity index (χ4v) is 6.96. The van der Waals surface area contributed by atoms with Crippen molar-refractivity contribution in [3.05, 3.63) is 89.0 Å². The lowest BCUT2D eigenvalue weighted by Gasteiger charge is -2.35. The number of benzene rings is 2. The highest BCUT2D eigenvalue weighted by atomic mass is 19.1. The van der Waals surface area contributed by atoms with E-state index in [0.29, 0.717) is 24.3 Å². The van der Waals surface area contributed by atoms with Crippen molar-refractivity contribution in [3.63, 3.8) is 0 Å². The second kappa shape index (κ2) is 16.2. The topological polar surface area (TPSA) is 70.4 Å². The van der Waals surface area contributed by atoms with Crippen LogP contribution in [0.3, 0.4) is 0 Å². The van der Waals surface area contributed by atoms with E-state index in [0.717, 1.165) is 32.6 Å². The molecule has 0 spiro atoms. The quantitative estimate of drug-likeness (QED) is 0.249. The van der Waals surface area contributed by atoms with Crippen molar-refractivity contribution in [3.8, 4) is 0 Å². The average Bonchev–Trinajstić information content (AvgIpc) is 3.64. The molecular formula is C36H51FN4O2. The Morgan fingerprint density at radius 1 is 1.02 bits per heavy atom. The van der Waals surface area contributed by atoms with Crippen molar-refractivity contribution < 1.29 is 14.3 Å². The van der Waals surface area contributed by atoms with Crippen LogP contribution in [0.5, 0.6) is 0 Å². The Bertz CT molecular complexity index is 1270. The average molecular weight is 591 g/mol. The second-order valence-corrected chi connectivity index (χ2v) is 12.6. The highest BCUT2D eigenvalue weighted by molar-refractivity contribution is 5.73. The summed E-state index contributed by atoms with van der Waals surface area (Å²) >= 11 is 0. The van der Waals surface area contributed by atoms with Crippen LogP contribution in [0.2, 0.25) is 0 Å². The predicted octanol–water partition coefficient (Wildman–Crippen LogP) is 7.10. The van der Waals surface area contributed by atoms with Crippen LogP contribution in [0.25, 0.3) is 0 Å². The molecule has 2 N–H and O–H groups in total. The van der Waals surface area contributed by atoms with Crippen molar-refractivity contribution in [2.45, 2.75) is 90.6 Å². The molecule has 7 heteroatoms. The molecule has 1 saturated heterocycles. The molecule has 2 heterocycles. The molecule has 0 amide bonds. The van der Waals surface area contributed by atoms with Crippen LogP contribution >= 0.6 is 0 Å². The number of nitrogens with one attached hydrogen (secondary N) is 1. The third kappa shape index (κ3) is 9.23. The number of aromatic nitrogens is 2. The number of nitrogens with zero attached hydrogens (tertiary/aromatic N) is 3. The van der Waals surface area contributed by atoms with Gasteiger partial charge in [0.1, 0.15) is 11.9 Å². The monoisotopic (exact) mass is 590 g/mol. The molecule has 234 valence electrons. The van der Waals surface area contributed by atoms with Crippen LogP contribution in [0.15, 0.2) is 60.7 Å². The number of halogens is 1. The van der Waals surface area contributed by atoms with Gasteiger partial charge in [0.15, 0.2) is 0 Å². The first-order valence-corrected chi connectivity index (χ1v) is 16.3. The van der Waals surface area contributed by atoms with Crippen LogP contribution in [0.4, 0.5) is 4.39 Å². The Balaban J connectivity index is 0.000000365. The first-order valence-electron chi connectivity index (χ1n) is 16.3. The minimum Gasteiger partial charge on any atom is -0.480 e. The van der Waals surface area contributed by atoms with Gasteiger partial charge < -0.3 is 15.3 Å². The molecular weight excluding hydrogens is 539 g/mol. The van der Waals surface area contributed by atoms with Crippen molar-refractivity contribution in [1.82, 2.24) is 20.0 Å². The summed E-state index contributed by atoms with van der Waals surface area (Å²) in [7, 11) is 0. The molecule has 2 fully saturated rings. The van der Waals surface area contributed by atoms with E-state index >= 15 is 0 Å². The van der Waals surface area contributed by atoms with Gasteiger partial charge >= 0.3 is 5.97 Å². The maximum absolute atomic E-state index is 13.8. The minimum atomic E-state index is -0.767. The highest BCUT2D eigenvalue weighted by Gasteiger charge is 2.32. The number of rotatable bonds is 11. The number of likely N-dealkylation sites (N-methyl/N-ethyl adjacent to an activating group) is 1. The standard InChI is InChI=1S/C29H36FN3.C7H15NO2/c1-2-33-29(20-27(31-33)18-22-8-4-3-5-9-22)23-14-16-32(17-15-23)21-25-11-7-13-28(25)24-10-6-12-26(30)19-24;1-4-8-6(5(2)3)7(9)10/h3-6,8-10,12,19-20,23,25,28H,2,7,11,13-18,21H2,1H3;5-6,8H,4H2,1-3H3,(H,9,10)/t25?,28-;/m1./s1. The molecule has 2 unspecified atom stereocenters. The lowest BCUT2D eigenvalue weighted by atomic mass is 9.87. The maximum atomic E-state index is 13.8. The van der Waals surface area contributed by atoms with E-state index in [9.17, 15) is 9.18 Å². The SMILES string of the molecule is CCNC(C(=O)O)C(C)C.CCn1nc(Cc2ccccc2)cc1C1CCN(CC2CCC[C@@H]2c2cccc(F)c2)CC1. The van der Waals surface area contributed by atoms with Gasteiger partial charge in [0.25, 0.3) is 0 Å². The van der Waals surface area contributed by atoms with Gasteiger partial charge in [-0.25, -0.2) is 4.39 Å². The van der Waals surface area contributed by atoms with Gasteiger partial charge in [0, 0.05) is 31.1 Å². The lowest BCUT2D eigenvalue weighted by molar-refractivity contribution is -0.140. The first-order chi connectivity index (χ1) is 20.8. The molecule has 2 aliphatic rings. The molecule has 5 rings (SSSR count). The van der Waals surface area contributed by atoms with Crippen molar-refractivity contribution in [2.75, 3.05) is 26.2 Å². The van der Waals surface area contributed by atoms with Crippen molar-refractivity contribution in [1.29, 1.82) is 0 Å². The summed E-state index contributed by atoms with van der Waals surface area (Å²) in [5.74, 6) is 1.05. The Morgan fingerprint density at radius 3 is 2.37 bits per heavy atom. The van der Waals surface area contributed by atoms with Crippen LogP contribution in [0, 0.1) is 17.7 Å². The summed E-state index contributed by atoms with van der Waals surface area (Å²) in [5.41, 5.74) is 5.13. The summed E-state index contributed by atoms with van der Waals surface area (Å²) < 4.78 is 16.0. The molecule has 1 aliphatic heterocycles. The fourth-order valence-electron chi connectivity index (χ4n) is 6.96. The molecule has 3 atom stereocenters. The Hall–Kier alpha value is -3.03.